The summed E-state index contributed by atoms with van der Waals surface area (Å²) in [6.07, 6.45) is 7.69. The molecule has 1 aromatic carbocycles. The van der Waals surface area contributed by atoms with Crippen LogP contribution in [0.25, 0.3) is 0 Å². The fourth-order valence-corrected chi connectivity index (χ4v) is 3.99. The van der Waals surface area contributed by atoms with Crippen LogP contribution in [-0.2, 0) is 16.9 Å². The van der Waals surface area contributed by atoms with Gasteiger partial charge in [-0.05, 0) is 55.4 Å². The summed E-state index contributed by atoms with van der Waals surface area (Å²) in [4.78, 5) is 15.4. The lowest BCUT2D eigenvalue weighted by atomic mass is 9.86. The third kappa shape index (κ3) is 3.79. The van der Waals surface area contributed by atoms with Crippen LogP contribution in [0.15, 0.2) is 42.7 Å². The Bertz CT molecular complexity index is 749. The summed E-state index contributed by atoms with van der Waals surface area (Å²) >= 11 is 6.10. The van der Waals surface area contributed by atoms with Crippen LogP contribution in [0.4, 0.5) is 0 Å². The van der Waals surface area contributed by atoms with E-state index in [9.17, 15) is 4.79 Å². The van der Waals surface area contributed by atoms with E-state index in [2.05, 4.69) is 21.4 Å². The lowest BCUT2D eigenvalue weighted by molar-refractivity contribution is -0.133. The van der Waals surface area contributed by atoms with E-state index in [1.54, 1.807) is 6.20 Å². The third-order valence-electron chi connectivity index (χ3n) is 5.59. The van der Waals surface area contributed by atoms with Gasteiger partial charge in [-0.25, -0.2) is 0 Å². The number of amides is 1. The molecule has 2 aliphatic rings. The smallest absolute Gasteiger partial charge is 0.248 e. The minimum absolute atomic E-state index is 0.121. The number of halogens is 1. The number of rotatable bonds is 6. The largest absolute Gasteiger partial charge is 0.354 e. The predicted molar refractivity (Wildman–Crippen MR) is 102 cm³/mol. The summed E-state index contributed by atoms with van der Waals surface area (Å²) in [5.41, 5.74) is 0.644. The van der Waals surface area contributed by atoms with Gasteiger partial charge in [0.25, 0.3) is 0 Å². The summed E-state index contributed by atoms with van der Waals surface area (Å²) in [7, 11) is 0. The van der Waals surface area contributed by atoms with Gasteiger partial charge >= 0.3 is 0 Å². The first kappa shape index (κ1) is 17.6. The van der Waals surface area contributed by atoms with Crippen molar-refractivity contribution in [3.05, 3.63) is 53.3 Å². The molecule has 0 spiro atoms. The Morgan fingerprint density at radius 3 is 2.73 bits per heavy atom. The highest BCUT2D eigenvalue weighted by Gasteiger charge is 2.44. The van der Waals surface area contributed by atoms with Crippen molar-refractivity contribution in [2.75, 3.05) is 19.6 Å². The number of carbonyl (C=O) groups excluding carboxylic acids is 1. The molecule has 2 aromatic rings. The van der Waals surface area contributed by atoms with E-state index in [4.69, 9.17) is 11.6 Å². The second-order valence-corrected chi connectivity index (χ2v) is 7.98. The maximum Gasteiger partial charge on any atom is 0.248 e. The monoisotopic (exact) mass is 372 g/mol. The molecule has 1 aromatic heterocycles. The Balaban J connectivity index is 1.44. The Hall–Kier alpha value is -1.85. The molecule has 0 bridgehead atoms. The van der Waals surface area contributed by atoms with E-state index in [-0.39, 0.29) is 5.91 Å². The second kappa shape index (κ2) is 7.41. The number of benzene rings is 1. The van der Waals surface area contributed by atoms with Crippen molar-refractivity contribution in [1.82, 2.24) is 20.0 Å². The summed E-state index contributed by atoms with van der Waals surface area (Å²) in [6.45, 7) is 3.39. The van der Waals surface area contributed by atoms with Crippen molar-refractivity contribution in [2.45, 2.75) is 37.8 Å². The van der Waals surface area contributed by atoms with Crippen LogP contribution >= 0.6 is 11.6 Å². The van der Waals surface area contributed by atoms with E-state index < -0.39 is 5.54 Å². The minimum Gasteiger partial charge on any atom is -0.354 e. The van der Waals surface area contributed by atoms with Gasteiger partial charge in [-0.3, -0.25) is 14.4 Å². The number of hydrogen-bond acceptors (Lipinski definition) is 3. The summed E-state index contributed by atoms with van der Waals surface area (Å²) in [6, 6.07) is 9.90. The molecule has 1 saturated heterocycles. The minimum atomic E-state index is -0.566. The fraction of sp³-hybridized carbons (Fsp3) is 0.500. The molecule has 1 amide bonds. The van der Waals surface area contributed by atoms with Crippen molar-refractivity contribution in [1.29, 1.82) is 0 Å². The van der Waals surface area contributed by atoms with Crippen LogP contribution < -0.4 is 5.32 Å². The molecular formula is C20H25ClN4O. The van der Waals surface area contributed by atoms with Gasteiger partial charge in [0, 0.05) is 43.6 Å². The number of likely N-dealkylation sites (tertiary alicyclic amines) is 1. The Kier molecular flexibility index (Phi) is 5.00. The van der Waals surface area contributed by atoms with Crippen molar-refractivity contribution in [3.63, 3.8) is 0 Å². The molecule has 1 N–H and O–H groups in total. The van der Waals surface area contributed by atoms with Crippen LogP contribution in [0, 0.1) is 5.92 Å². The quantitative estimate of drug-likeness (QED) is 0.847. The topological polar surface area (TPSA) is 50.2 Å². The van der Waals surface area contributed by atoms with Gasteiger partial charge in [0.15, 0.2) is 0 Å². The SMILES string of the molecule is O=C(NCC1CC1)C1(n2cccn2)CCN(Cc2cccc(Cl)c2)CC1. The van der Waals surface area contributed by atoms with Gasteiger partial charge in [0.05, 0.1) is 0 Å². The molecule has 5 nitrogen and oxygen atoms in total. The first-order chi connectivity index (χ1) is 12.7. The number of aromatic nitrogens is 2. The zero-order valence-corrected chi connectivity index (χ0v) is 15.7. The normalized spacial score (nSPS) is 20.0. The molecule has 0 radical (unpaired) electrons. The standard InChI is InChI=1S/C20H25ClN4O/c21-18-4-1-3-17(13-18)15-24-11-7-20(8-12-24,25-10-2-9-23-25)19(26)22-14-16-5-6-16/h1-4,9-10,13,16H,5-8,11-12,14-15H2,(H,22,26). The van der Waals surface area contributed by atoms with E-state index in [1.165, 1.54) is 18.4 Å². The van der Waals surface area contributed by atoms with Crippen LogP contribution in [0.5, 0.6) is 0 Å². The first-order valence-electron chi connectivity index (χ1n) is 9.41. The average Bonchev–Trinajstić information content (AvgIpc) is 3.31. The average molecular weight is 373 g/mol. The van der Waals surface area contributed by atoms with Crippen molar-refractivity contribution >= 4 is 17.5 Å². The number of carbonyl (C=O) groups is 1. The summed E-state index contributed by atoms with van der Waals surface area (Å²) in [5, 5.41) is 8.36. The van der Waals surface area contributed by atoms with Gasteiger partial charge in [-0.2, -0.15) is 5.10 Å². The molecule has 4 rings (SSSR count). The predicted octanol–water partition coefficient (Wildman–Crippen LogP) is 3.05. The number of piperidine rings is 1. The molecule has 1 aliphatic carbocycles. The van der Waals surface area contributed by atoms with E-state index in [0.29, 0.717) is 5.92 Å². The molecule has 6 heteroatoms. The lowest BCUT2D eigenvalue weighted by Crippen LogP contribution is -2.55. The number of hydrogen-bond donors (Lipinski definition) is 1. The maximum atomic E-state index is 13.1. The van der Waals surface area contributed by atoms with Crippen molar-refractivity contribution in [2.24, 2.45) is 5.92 Å². The molecular weight excluding hydrogens is 348 g/mol. The third-order valence-corrected chi connectivity index (χ3v) is 5.83. The maximum absolute atomic E-state index is 13.1. The van der Waals surface area contributed by atoms with E-state index in [1.807, 2.05) is 35.1 Å². The Morgan fingerprint density at radius 1 is 1.27 bits per heavy atom. The van der Waals surface area contributed by atoms with Gasteiger partial charge in [0.1, 0.15) is 5.54 Å². The highest BCUT2D eigenvalue weighted by Crippen LogP contribution is 2.32. The van der Waals surface area contributed by atoms with Gasteiger partial charge < -0.3 is 5.32 Å². The Labute approximate surface area is 159 Å². The van der Waals surface area contributed by atoms with Crippen molar-refractivity contribution in [3.8, 4) is 0 Å². The van der Waals surface area contributed by atoms with Gasteiger partial charge in [-0.15, -0.1) is 0 Å². The summed E-state index contributed by atoms with van der Waals surface area (Å²) in [5.74, 6) is 0.798. The molecule has 2 heterocycles. The molecule has 0 atom stereocenters. The van der Waals surface area contributed by atoms with Gasteiger partial charge in [-0.1, -0.05) is 23.7 Å². The van der Waals surface area contributed by atoms with Crippen molar-refractivity contribution < 1.29 is 4.79 Å². The van der Waals surface area contributed by atoms with Gasteiger partial charge in [0.2, 0.25) is 5.91 Å². The van der Waals surface area contributed by atoms with Crippen LogP contribution in [0.2, 0.25) is 5.02 Å². The highest BCUT2D eigenvalue weighted by atomic mass is 35.5. The Morgan fingerprint density at radius 2 is 2.08 bits per heavy atom. The number of nitrogens with one attached hydrogen (secondary N) is 1. The molecule has 1 saturated carbocycles. The highest BCUT2D eigenvalue weighted by molar-refractivity contribution is 6.30. The molecule has 1 aliphatic heterocycles. The number of nitrogens with zero attached hydrogens (tertiary/aromatic N) is 3. The summed E-state index contributed by atoms with van der Waals surface area (Å²) < 4.78 is 1.87. The lowest BCUT2D eigenvalue weighted by Gasteiger charge is -2.40. The van der Waals surface area contributed by atoms with Crippen LogP contribution in [0.1, 0.15) is 31.2 Å². The van der Waals surface area contributed by atoms with E-state index in [0.717, 1.165) is 44.0 Å². The van der Waals surface area contributed by atoms with Crippen LogP contribution in [0.3, 0.4) is 0 Å². The van der Waals surface area contributed by atoms with E-state index >= 15 is 0 Å². The first-order valence-corrected chi connectivity index (χ1v) is 9.79. The molecule has 2 fully saturated rings. The molecule has 138 valence electrons. The fourth-order valence-electron chi connectivity index (χ4n) is 3.78. The zero-order chi connectivity index (χ0) is 18.0. The molecule has 26 heavy (non-hydrogen) atoms. The zero-order valence-electron chi connectivity index (χ0n) is 14.9. The van der Waals surface area contributed by atoms with Crippen LogP contribution in [-0.4, -0.2) is 40.2 Å². The molecule has 0 unspecified atom stereocenters. The second-order valence-electron chi connectivity index (χ2n) is 7.54.